The number of hydrogen-bond acceptors (Lipinski definition) is 5. The number of anilines is 1. The maximum Gasteiger partial charge on any atom is 0.326 e. The Morgan fingerprint density at radius 1 is 1.31 bits per heavy atom. The van der Waals surface area contributed by atoms with Crippen molar-refractivity contribution in [2.45, 2.75) is 52.0 Å². The zero-order valence-corrected chi connectivity index (χ0v) is 17.2. The first-order chi connectivity index (χ1) is 13.6. The third-order valence-electron chi connectivity index (χ3n) is 5.54. The first kappa shape index (κ1) is 20.8. The van der Waals surface area contributed by atoms with Gasteiger partial charge in [0.15, 0.2) is 6.61 Å². The Labute approximate surface area is 170 Å². The average Bonchev–Trinajstić information content (AvgIpc) is 3.47. The summed E-state index contributed by atoms with van der Waals surface area (Å²) in [5.74, 6) is -1.39. The highest BCUT2D eigenvalue weighted by Gasteiger charge is 2.56. The highest BCUT2D eigenvalue weighted by atomic mass is 16.5. The van der Waals surface area contributed by atoms with Gasteiger partial charge in [0.2, 0.25) is 0 Å². The average molecular weight is 401 g/mol. The van der Waals surface area contributed by atoms with Gasteiger partial charge in [-0.15, -0.1) is 0 Å². The lowest BCUT2D eigenvalue weighted by molar-refractivity contribution is -0.150. The fourth-order valence-corrected chi connectivity index (χ4v) is 3.64. The van der Waals surface area contributed by atoms with Crippen LogP contribution in [-0.4, -0.2) is 47.4 Å². The SMILES string of the molecule is Cc1cccc(C(C)C)c1NC(=O)COC(=O)CN1C(=O)N[C@](C)(C2CC2)C1=O. The van der Waals surface area contributed by atoms with Crippen LogP contribution in [0.1, 0.15) is 50.7 Å². The largest absolute Gasteiger partial charge is 0.454 e. The van der Waals surface area contributed by atoms with E-state index < -0.39 is 42.5 Å². The van der Waals surface area contributed by atoms with E-state index in [-0.39, 0.29) is 11.8 Å². The van der Waals surface area contributed by atoms with Gasteiger partial charge in [0.25, 0.3) is 11.8 Å². The van der Waals surface area contributed by atoms with Gasteiger partial charge in [-0.1, -0.05) is 32.0 Å². The summed E-state index contributed by atoms with van der Waals surface area (Å²) in [6, 6.07) is 5.15. The molecular weight excluding hydrogens is 374 g/mol. The number of carbonyl (C=O) groups excluding carboxylic acids is 4. The number of nitrogens with zero attached hydrogens (tertiary/aromatic N) is 1. The minimum Gasteiger partial charge on any atom is -0.454 e. The number of ether oxygens (including phenoxy) is 1. The molecule has 8 nitrogen and oxygen atoms in total. The zero-order valence-electron chi connectivity index (χ0n) is 17.2. The van der Waals surface area contributed by atoms with Crippen molar-refractivity contribution in [3.63, 3.8) is 0 Å². The lowest BCUT2D eigenvalue weighted by Crippen LogP contribution is -2.46. The van der Waals surface area contributed by atoms with Crippen LogP contribution in [-0.2, 0) is 19.1 Å². The quantitative estimate of drug-likeness (QED) is 0.539. The molecule has 1 saturated heterocycles. The van der Waals surface area contributed by atoms with E-state index >= 15 is 0 Å². The van der Waals surface area contributed by atoms with Gasteiger partial charge in [0.1, 0.15) is 12.1 Å². The molecule has 156 valence electrons. The number of nitrogens with one attached hydrogen (secondary N) is 2. The summed E-state index contributed by atoms with van der Waals surface area (Å²) in [4.78, 5) is 49.9. The van der Waals surface area contributed by atoms with Crippen LogP contribution in [0, 0.1) is 12.8 Å². The summed E-state index contributed by atoms with van der Waals surface area (Å²) in [5.41, 5.74) is 1.66. The van der Waals surface area contributed by atoms with Gasteiger partial charge in [0.05, 0.1) is 0 Å². The van der Waals surface area contributed by atoms with Crippen molar-refractivity contribution in [2.24, 2.45) is 5.92 Å². The normalized spacial score (nSPS) is 21.3. The number of esters is 1. The summed E-state index contributed by atoms with van der Waals surface area (Å²) in [7, 11) is 0. The number of imide groups is 1. The van der Waals surface area contributed by atoms with Gasteiger partial charge in [0, 0.05) is 5.69 Å². The number of hydrogen-bond donors (Lipinski definition) is 2. The number of amides is 4. The molecule has 0 spiro atoms. The highest BCUT2D eigenvalue weighted by Crippen LogP contribution is 2.42. The molecular formula is C21H27N3O5. The molecule has 1 aromatic carbocycles. The van der Waals surface area contributed by atoms with Crippen LogP contribution in [0.3, 0.4) is 0 Å². The topological polar surface area (TPSA) is 105 Å². The molecule has 1 aromatic rings. The maximum atomic E-state index is 12.5. The van der Waals surface area contributed by atoms with Crippen molar-refractivity contribution in [3.8, 4) is 0 Å². The first-order valence-electron chi connectivity index (χ1n) is 9.82. The van der Waals surface area contributed by atoms with Crippen molar-refractivity contribution in [1.29, 1.82) is 0 Å². The van der Waals surface area contributed by atoms with Gasteiger partial charge in [-0.25, -0.2) is 4.79 Å². The van der Waals surface area contributed by atoms with Crippen molar-refractivity contribution in [3.05, 3.63) is 29.3 Å². The molecule has 1 aliphatic heterocycles. The molecule has 0 bridgehead atoms. The van der Waals surface area contributed by atoms with E-state index in [0.29, 0.717) is 5.69 Å². The predicted molar refractivity (Wildman–Crippen MR) is 106 cm³/mol. The standard InChI is InChI=1S/C21H27N3O5/c1-12(2)15-7-5-6-13(3)18(15)22-16(25)11-29-17(26)10-24-19(27)21(4,14-8-9-14)23-20(24)28/h5-7,12,14H,8-11H2,1-4H3,(H,22,25)(H,23,28)/t21-/m1/s1. The van der Waals surface area contributed by atoms with Crippen LogP contribution in [0.15, 0.2) is 18.2 Å². The monoisotopic (exact) mass is 401 g/mol. The van der Waals surface area contributed by atoms with Gasteiger partial charge < -0.3 is 15.4 Å². The van der Waals surface area contributed by atoms with Crippen molar-refractivity contribution >= 4 is 29.5 Å². The van der Waals surface area contributed by atoms with Crippen LogP contribution in [0.4, 0.5) is 10.5 Å². The lowest BCUT2D eigenvalue weighted by Gasteiger charge is -2.20. The van der Waals surface area contributed by atoms with Crippen molar-refractivity contribution < 1.29 is 23.9 Å². The lowest BCUT2D eigenvalue weighted by atomic mass is 9.96. The smallest absolute Gasteiger partial charge is 0.326 e. The molecule has 2 aliphatic rings. The number of benzene rings is 1. The van der Waals surface area contributed by atoms with Gasteiger partial charge in [-0.2, -0.15) is 0 Å². The minimum atomic E-state index is -0.952. The van der Waals surface area contributed by atoms with Gasteiger partial charge >= 0.3 is 12.0 Å². The molecule has 0 unspecified atom stereocenters. The molecule has 4 amide bonds. The summed E-state index contributed by atoms with van der Waals surface area (Å²) >= 11 is 0. The van der Waals surface area contributed by atoms with E-state index in [9.17, 15) is 19.2 Å². The van der Waals surface area contributed by atoms with Crippen LogP contribution >= 0.6 is 0 Å². The molecule has 3 rings (SSSR count). The number of carbonyl (C=O) groups is 4. The van der Waals surface area contributed by atoms with Gasteiger partial charge in [-0.05, 0) is 49.7 Å². The number of para-hydroxylation sites is 1. The molecule has 2 fully saturated rings. The third-order valence-corrected chi connectivity index (χ3v) is 5.54. The summed E-state index contributed by atoms with van der Waals surface area (Å²) in [5, 5.41) is 5.46. The number of aryl methyl sites for hydroxylation is 1. The summed E-state index contributed by atoms with van der Waals surface area (Å²) in [6.45, 7) is 6.62. The van der Waals surface area contributed by atoms with Crippen LogP contribution in [0.2, 0.25) is 0 Å². The predicted octanol–water partition coefficient (Wildman–Crippen LogP) is 2.32. The molecule has 2 N–H and O–H groups in total. The Morgan fingerprint density at radius 3 is 2.62 bits per heavy atom. The molecule has 0 aromatic heterocycles. The van der Waals surface area contributed by atoms with E-state index in [1.165, 1.54) is 0 Å². The van der Waals surface area contributed by atoms with E-state index in [2.05, 4.69) is 10.6 Å². The molecule has 1 aliphatic carbocycles. The van der Waals surface area contributed by atoms with Crippen LogP contribution in [0.5, 0.6) is 0 Å². The second-order valence-electron chi connectivity index (χ2n) is 8.20. The van der Waals surface area contributed by atoms with Crippen LogP contribution < -0.4 is 10.6 Å². The Balaban J connectivity index is 1.54. The molecule has 1 saturated carbocycles. The number of rotatable bonds is 7. The highest BCUT2D eigenvalue weighted by molar-refractivity contribution is 6.09. The minimum absolute atomic E-state index is 0.106. The summed E-state index contributed by atoms with van der Waals surface area (Å²) < 4.78 is 4.99. The fraction of sp³-hybridized carbons (Fsp3) is 0.524. The maximum absolute atomic E-state index is 12.5. The Kier molecular flexibility index (Phi) is 5.64. The molecule has 0 radical (unpaired) electrons. The fourth-order valence-electron chi connectivity index (χ4n) is 3.64. The van der Waals surface area contributed by atoms with Crippen LogP contribution in [0.25, 0.3) is 0 Å². The van der Waals surface area contributed by atoms with E-state index in [4.69, 9.17) is 4.74 Å². The number of urea groups is 1. The van der Waals surface area contributed by atoms with E-state index in [0.717, 1.165) is 28.9 Å². The Bertz CT molecular complexity index is 862. The molecule has 29 heavy (non-hydrogen) atoms. The second kappa shape index (κ2) is 7.85. The third kappa shape index (κ3) is 4.26. The Morgan fingerprint density at radius 2 is 2.00 bits per heavy atom. The Hall–Kier alpha value is -2.90. The van der Waals surface area contributed by atoms with E-state index in [1.54, 1.807) is 6.92 Å². The van der Waals surface area contributed by atoms with Gasteiger partial charge in [-0.3, -0.25) is 19.3 Å². The molecule has 8 heteroatoms. The molecule has 1 heterocycles. The second-order valence-corrected chi connectivity index (χ2v) is 8.20. The zero-order chi connectivity index (χ0) is 21.3. The van der Waals surface area contributed by atoms with E-state index in [1.807, 2.05) is 39.0 Å². The summed E-state index contributed by atoms with van der Waals surface area (Å²) in [6.07, 6.45) is 1.75. The van der Waals surface area contributed by atoms with Crippen molar-refractivity contribution in [1.82, 2.24) is 10.2 Å². The first-order valence-corrected chi connectivity index (χ1v) is 9.82. The molecule has 1 atom stereocenters. The van der Waals surface area contributed by atoms with Crippen molar-refractivity contribution in [2.75, 3.05) is 18.5 Å².